The highest BCUT2D eigenvalue weighted by Crippen LogP contribution is 2.32. The summed E-state index contributed by atoms with van der Waals surface area (Å²) in [7, 11) is 0. The first-order chi connectivity index (χ1) is 12.9. The molecule has 0 atom stereocenters. The van der Waals surface area contributed by atoms with Gasteiger partial charge in [-0.1, -0.05) is 60.2 Å². The highest BCUT2D eigenvalue weighted by Gasteiger charge is 2.33. The van der Waals surface area contributed by atoms with Gasteiger partial charge in [0.2, 0.25) is 5.91 Å². The number of carboxylic acids is 1. The molecule has 2 rings (SSSR count). The number of hydrogen-bond acceptors (Lipinski definition) is 6. The second kappa shape index (κ2) is 10.2. The van der Waals surface area contributed by atoms with Gasteiger partial charge in [0.15, 0.2) is 0 Å². The third-order valence-electron chi connectivity index (χ3n) is 3.93. The van der Waals surface area contributed by atoms with Crippen LogP contribution in [0.3, 0.4) is 0 Å². The predicted molar refractivity (Wildman–Crippen MR) is 108 cm³/mol. The zero-order valence-corrected chi connectivity index (χ0v) is 16.7. The molecule has 1 fully saturated rings. The van der Waals surface area contributed by atoms with E-state index in [1.807, 2.05) is 31.2 Å². The number of unbranched alkanes of at least 4 members (excludes halogenated alkanes) is 2. The Morgan fingerprint density at radius 1 is 1.22 bits per heavy atom. The van der Waals surface area contributed by atoms with Gasteiger partial charge in [-0.25, -0.2) is 0 Å². The molecular formula is C19H21N2O4S2-. The molecule has 0 bridgehead atoms. The van der Waals surface area contributed by atoms with Gasteiger partial charge in [0, 0.05) is 12.5 Å². The van der Waals surface area contributed by atoms with Crippen LogP contribution in [0.2, 0.25) is 0 Å². The molecule has 0 unspecified atom stereocenters. The molecule has 1 aliphatic rings. The first-order valence-electron chi connectivity index (χ1n) is 8.65. The van der Waals surface area contributed by atoms with Gasteiger partial charge in [0.1, 0.15) is 10.9 Å². The van der Waals surface area contributed by atoms with Crippen LogP contribution in [0.15, 0.2) is 29.2 Å². The van der Waals surface area contributed by atoms with Crippen LogP contribution in [-0.4, -0.2) is 40.1 Å². The van der Waals surface area contributed by atoms with Crippen molar-refractivity contribution in [3.05, 3.63) is 40.3 Å². The van der Waals surface area contributed by atoms with Crippen molar-refractivity contribution in [1.82, 2.24) is 10.2 Å². The number of carbonyl (C=O) groups is 3. The van der Waals surface area contributed by atoms with Gasteiger partial charge in [-0.2, -0.15) is 0 Å². The van der Waals surface area contributed by atoms with E-state index in [1.165, 1.54) is 16.7 Å². The maximum atomic E-state index is 12.5. The smallest absolute Gasteiger partial charge is 0.266 e. The largest absolute Gasteiger partial charge is 0.550 e. The van der Waals surface area contributed by atoms with Crippen LogP contribution in [0.4, 0.5) is 0 Å². The number of nitrogens with one attached hydrogen (secondary N) is 1. The number of nitrogens with zero attached hydrogens (tertiary/aromatic N) is 1. The van der Waals surface area contributed by atoms with Crippen molar-refractivity contribution in [2.24, 2.45) is 0 Å². The first kappa shape index (κ1) is 21.1. The molecule has 1 heterocycles. The zero-order chi connectivity index (χ0) is 19.8. The van der Waals surface area contributed by atoms with E-state index in [4.69, 9.17) is 12.2 Å². The van der Waals surface area contributed by atoms with E-state index in [0.29, 0.717) is 35.0 Å². The van der Waals surface area contributed by atoms with Crippen molar-refractivity contribution in [2.45, 2.75) is 32.6 Å². The normalized spacial score (nSPS) is 15.4. The number of hydrogen-bond donors (Lipinski definition) is 1. The molecule has 1 aromatic carbocycles. The lowest BCUT2D eigenvalue weighted by Gasteiger charge is -2.14. The lowest BCUT2D eigenvalue weighted by Crippen LogP contribution is -2.39. The van der Waals surface area contributed by atoms with Crippen molar-refractivity contribution >= 4 is 52.2 Å². The molecule has 0 spiro atoms. The summed E-state index contributed by atoms with van der Waals surface area (Å²) < 4.78 is 0.363. The third kappa shape index (κ3) is 6.80. The molecule has 0 saturated carbocycles. The molecule has 1 aliphatic heterocycles. The van der Waals surface area contributed by atoms with Crippen LogP contribution in [-0.2, 0) is 14.4 Å². The minimum Gasteiger partial charge on any atom is -0.550 e. The number of thioether (sulfide) groups is 1. The SMILES string of the molecule is Cc1ccc(/C=C2/SC(=S)N(CC(=O)NCCCCCC(=O)[O-])C2=O)cc1. The Hall–Kier alpha value is -2.19. The van der Waals surface area contributed by atoms with E-state index in [1.54, 1.807) is 6.08 Å². The van der Waals surface area contributed by atoms with Crippen molar-refractivity contribution in [3.63, 3.8) is 0 Å². The second-order valence-electron chi connectivity index (χ2n) is 6.21. The Labute approximate surface area is 168 Å². The molecule has 8 heteroatoms. The Morgan fingerprint density at radius 3 is 2.59 bits per heavy atom. The minimum atomic E-state index is -1.06. The molecule has 1 aromatic rings. The molecule has 0 radical (unpaired) electrons. The van der Waals surface area contributed by atoms with Gasteiger partial charge in [0.25, 0.3) is 5.91 Å². The molecule has 1 N–H and O–H groups in total. The van der Waals surface area contributed by atoms with Gasteiger partial charge >= 0.3 is 0 Å². The van der Waals surface area contributed by atoms with Crippen LogP contribution in [0.5, 0.6) is 0 Å². The summed E-state index contributed by atoms with van der Waals surface area (Å²) in [5.41, 5.74) is 2.04. The first-order valence-corrected chi connectivity index (χ1v) is 9.88. The summed E-state index contributed by atoms with van der Waals surface area (Å²) in [5, 5.41) is 13.0. The molecule has 0 aromatic heterocycles. The lowest BCUT2D eigenvalue weighted by molar-refractivity contribution is -0.305. The lowest BCUT2D eigenvalue weighted by atomic mass is 10.1. The summed E-state index contributed by atoms with van der Waals surface area (Å²) in [5.74, 6) is -1.62. The zero-order valence-electron chi connectivity index (χ0n) is 15.0. The molecule has 6 nitrogen and oxygen atoms in total. The van der Waals surface area contributed by atoms with Crippen LogP contribution in [0.25, 0.3) is 6.08 Å². The van der Waals surface area contributed by atoms with Gasteiger partial charge in [-0.05, 0) is 37.8 Å². The van der Waals surface area contributed by atoms with Crippen molar-refractivity contribution in [2.75, 3.05) is 13.1 Å². The van der Waals surface area contributed by atoms with Crippen LogP contribution < -0.4 is 10.4 Å². The maximum Gasteiger partial charge on any atom is 0.266 e. The number of carbonyl (C=O) groups excluding carboxylic acids is 3. The highest BCUT2D eigenvalue weighted by atomic mass is 32.2. The molecule has 27 heavy (non-hydrogen) atoms. The van der Waals surface area contributed by atoms with Crippen molar-refractivity contribution in [1.29, 1.82) is 0 Å². The van der Waals surface area contributed by atoms with Crippen molar-refractivity contribution in [3.8, 4) is 0 Å². The average Bonchev–Trinajstić information content (AvgIpc) is 2.87. The third-order valence-corrected chi connectivity index (χ3v) is 5.31. The number of rotatable bonds is 9. The number of thiocarbonyl (C=S) groups is 1. The van der Waals surface area contributed by atoms with Gasteiger partial charge in [-0.15, -0.1) is 0 Å². The fraction of sp³-hybridized carbons (Fsp3) is 0.368. The van der Waals surface area contributed by atoms with E-state index < -0.39 is 5.97 Å². The maximum absolute atomic E-state index is 12.5. The molecule has 2 amide bonds. The molecule has 144 valence electrons. The Kier molecular flexibility index (Phi) is 7.99. The van der Waals surface area contributed by atoms with Gasteiger partial charge in [0.05, 0.1) is 4.91 Å². The summed E-state index contributed by atoms with van der Waals surface area (Å²) in [6, 6.07) is 7.78. The van der Waals surface area contributed by atoms with Gasteiger partial charge < -0.3 is 15.2 Å². The van der Waals surface area contributed by atoms with Crippen molar-refractivity contribution < 1.29 is 19.5 Å². The van der Waals surface area contributed by atoms with Crippen LogP contribution in [0.1, 0.15) is 36.8 Å². The highest BCUT2D eigenvalue weighted by molar-refractivity contribution is 8.26. The van der Waals surface area contributed by atoms with E-state index in [9.17, 15) is 19.5 Å². The van der Waals surface area contributed by atoms with E-state index in [2.05, 4.69) is 5.32 Å². The van der Waals surface area contributed by atoms with Crippen LogP contribution in [0, 0.1) is 6.92 Å². The molecular weight excluding hydrogens is 384 g/mol. The minimum absolute atomic E-state index is 0.0256. The van der Waals surface area contributed by atoms with Gasteiger partial charge in [-0.3, -0.25) is 14.5 Å². The standard InChI is InChI=1S/C19H22N2O4S2/c1-13-6-8-14(9-7-13)11-15-18(25)21(19(26)27-15)12-16(22)20-10-4-2-3-5-17(23)24/h6-9,11H,2-5,10,12H2,1H3,(H,20,22)(H,23,24)/p-1/b15-11+. The summed E-state index contributed by atoms with van der Waals surface area (Å²) in [4.78, 5) is 36.7. The fourth-order valence-electron chi connectivity index (χ4n) is 2.45. The van der Waals surface area contributed by atoms with E-state index >= 15 is 0 Å². The summed E-state index contributed by atoms with van der Waals surface area (Å²) in [6.45, 7) is 2.31. The quantitative estimate of drug-likeness (QED) is 0.382. The number of aryl methyl sites for hydroxylation is 1. The predicted octanol–water partition coefficient (Wildman–Crippen LogP) is 1.62. The molecule has 0 aliphatic carbocycles. The summed E-state index contributed by atoms with van der Waals surface area (Å²) in [6.07, 6.45) is 3.68. The van der Waals surface area contributed by atoms with E-state index in [0.717, 1.165) is 11.1 Å². The molecule has 1 saturated heterocycles. The number of benzene rings is 1. The number of carboxylic acid groups (broad SMARTS) is 1. The Bertz CT molecular complexity index is 759. The Morgan fingerprint density at radius 2 is 1.93 bits per heavy atom. The number of aliphatic carboxylic acids is 1. The second-order valence-corrected chi connectivity index (χ2v) is 7.89. The average molecular weight is 406 g/mol. The van der Waals surface area contributed by atoms with Crippen LogP contribution >= 0.6 is 24.0 Å². The fourth-order valence-corrected chi connectivity index (χ4v) is 3.70. The monoisotopic (exact) mass is 405 g/mol. The van der Waals surface area contributed by atoms with E-state index in [-0.39, 0.29) is 24.8 Å². The summed E-state index contributed by atoms with van der Waals surface area (Å²) >= 11 is 6.42. The topological polar surface area (TPSA) is 89.5 Å². The number of amides is 2. The Balaban J connectivity index is 1.81.